The van der Waals surface area contributed by atoms with E-state index < -0.39 is 0 Å². The summed E-state index contributed by atoms with van der Waals surface area (Å²) in [4.78, 5) is 28.9. The van der Waals surface area contributed by atoms with Gasteiger partial charge in [-0.1, -0.05) is 27.7 Å². The standard InChI is InChI=1S/C31H49NO4/c1-18-7-10-27(32-17-18)19(2)29-28(36-21(4)34)16-26-24-9-8-22-15-23(35-20(3)33)11-13-30(22,5)25(24)12-14-31(26,29)6/h18-19,22-26,28-29H,7-17H2,1-6H3/t18-,19+,22-,23-,24+,25-,26-,28-,29-,30-,31-/m0/s1. The second kappa shape index (κ2) is 9.73. The van der Waals surface area contributed by atoms with Gasteiger partial charge in [0.1, 0.15) is 12.2 Å². The Labute approximate surface area is 218 Å². The van der Waals surface area contributed by atoms with Gasteiger partial charge < -0.3 is 9.47 Å². The molecule has 5 aliphatic rings. The first-order valence-corrected chi connectivity index (χ1v) is 14.9. The van der Waals surface area contributed by atoms with E-state index in [0.29, 0.717) is 40.9 Å². The van der Waals surface area contributed by atoms with Crippen molar-refractivity contribution in [2.45, 2.75) is 118 Å². The molecule has 0 amide bonds. The van der Waals surface area contributed by atoms with Crippen molar-refractivity contribution in [3.8, 4) is 0 Å². The number of fused-ring (bicyclic) bond motifs is 5. The monoisotopic (exact) mass is 499 g/mol. The Morgan fingerprint density at radius 3 is 2.31 bits per heavy atom. The Morgan fingerprint density at radius 1 is 0.917 bits per heavy atom. The van der Waals surface area contributed by atoms with Crippen molar-refractivity contribution in [3.63, 3.8) is 0 Å². The van der Waals surface area contributed by atoms with Crippen molar-refractivity contribution >= 4 is 17.7 Å². The van der Waals surface area contributed by atoms with Crippen molar-refractivity contribution in [1.29, 1.82) is 0 Å². The van der Waals surface area contributed by atoms with Gasteiger partial charge in [-0.3, -0.25) is 14.6 Å². The van der Waals surface area contributed by atoms with Crippen molar-refractivity contribution in [3.05, 3.63) is 0 Å². The normalized spacial score (nSPS) is 47.0. The molecule has 0 aromatic carbocycles. The molecule has 0 radical (unpaired) electrons. The molecule has 11 atom stereocenters. The molecule has 0 spiro atoms. The van der Waals surface area contributed by atoms with Crippen molar-refractivity contribution < 1.29 is 19.1 Å². The summed E-state index contributed by atoms with van der Waals surface area (Å²) in [5.41, 5.74) is 1.91. The fourth-order valence-corrected chi connectivity index (χ4v) is 10.2. The van der Waals surface area contributed by atoms with E-state index in [-0.39, 0.29) is 29.6 Å². The molecule has 0 unspecified atom stereocenters. The van der Waals surface area contributed by atoms with E-state index in [4.69, 9.17) is 14.5 Å². The predicted molar refractivity (Wildman–Crippen MR) is 142 cm³/mol. The molecule has 4 aliphatic carbocycles. The summed E-state index contributed by atoms with van der Waals surface area (Å²) in [6.45, 7) is 13.9. The van der Waals surface area contributed by atoms with Crippen LogP contribution in [0.4, 0.5) is 0 Å². The third kappa shape index (κ3) is 4.45. The number of carbonyl (C=O) groups is 2. The number of rotatable bonds is 4. The maximum Gasteiger partial charge on any atom is 0.302 e. The molecule has 1 aliphatic heterocycles. The molecular formula is C31H49NO4. The summed E-state index contributed by atoms with van der Waals surface area (Å²) in [7, 11) is 0. The first-order chi connectivity index (χ1) is 17.0. The second-order valence-electron chi connectivity index (χ2n) is 13.9. The van der Waals surface area contributed by atoms with Crippen LogP contribution in [0, 0.1) is 52.3 Å². The lowest BCUT2D eigenvalue weighted by Gasteiger charge is -2.61. The summed E-state index contributed by atoms with van der Waals surface area (Å²) >= 11 is 0. The van der Waals surface area contributed by atoms with Gasteiger partial charge in [-0.15, -0.1) is 0 Å². The minimum Gasteiger partial charge on any atom is -0.463 e. The van der Waals surface area contributed by atoms with E-state index >= 15 is 0 Å². The van der Waals surface area contributed by atoms with Crippen LogP contribution in [0.5, 0.6) is 0 Å². The maximum absolute atomic E-state index is 12.2. The highest BCUT2D eigenvalue weighted by Gasteiger charge is 2.64. The molecule has 202 valence electrons. The largest absolute Gasteiger partial charge is 0.463 e. The van der Waals surface area contributed by atoms with E-state index in [1.54, 1.807) is 13.8 Å². The van der Waals surface area contributed by atoms with E-state index in [0.717, 1.165) is 38.1 Å². The molecule has 0 N–H and O–H groups in total. The molecule has 0 aromatic rings. The number of hydrogen-bond acceptors (Lipinski definition) is 5. The first-order valence-electron chi connectivity index (χ1n) is 14.9. The van der Waals surface area contributed by atoms with E-state index in [2.05, 4.69) is 27.7 Å². The summed E-state index contributed by atoms with van der Waals surface area (Å²) in [5, 5.41) is 0. The van der Waals surface area contributed by atoms with Gasteiger partial charge in [-0.25, -0.2) is 0 Å². The SMILES string of the molecule is CC(=O)O[C@H]1CC[C@@]2(C)[C@@H](CC[C@@H]3[C@@H]2CC[C@]2(C)[C@@H]([C@H](C)C4=NC[C@@H](C)CC4)[C@@H](OC(C)=O)C[C@@H]32)C1. The van der Waals surface area contributed by atoms with Crippen LogP contribution in [-0.4, -0.2) is 36.4 Å². The fourth-order valence-electron chi connectivity index (χ4n) is 10.2. The van der Waals surface area contributed by atoms with E-state index in [1.165, 1.54) is 44.2 Å². The molecule has 5 heteroatoms. The minimum atomic E-state index is -0.134. The van der Waals surface area contributed by atoms with Gasteiger partial charge in [0, 0.05) is 37.9 Å². The van der Waals surface area contributed by atoms with Crippen LogP contribution in [0.2, 0.25) is 0 Å². The third-order valence-electron chi connectivity index (χ3n) is 11.9. The molecule has 4 fully saturated rings. The highest BCUT2D eigenvalue weighted by Crippen LogP contribution is 2.68. The fraction of sp³-hybridized carbons (Fsp3) is 0.903. The Balaban J connectivity index is 1.39. The number of ether oxygens (including phenoxy) is 2. The number of carbonyl (C=O) groups excluding carboxylic acids is 2. The average Bonchev–Trinajstić information content (AvgIpc) is 3.10. The smallest absolute Gasteiger partial charge is 0.302 e. The van der Waals surface area contributed by atoms with Crippen molar-refractivity contribution in [2.75, 3.05) is 6.54 Å². The van der Waals surface area contributed by atoms with E-state index in [1.807, 2.05) is 0 Å². The van der Waals surface area contributed by atoms with Gasteiger partial charge in [0.15, 0.2) is 0 Å². The first kappa shape index (κ1) is 26.2. The van der Waals surface area contributed by atoms with Gasteiger partial charge in [0.2, 0.25) is 0 Å². The number of esters is 2. The van der Waals surface area contributed by atoms with Gasteiger partial charge in [0.25, 0.3) is 0 Å². The van der Waals surface area contributed by atoms with Crippen molar-refractivity contribution in [1.82, 2.24) is 0 Å². The highest BCUT2D eigenvalue weighted by molar-refractivity contribution is 5.87. The Hall–Kier alpha value is -1.39. The minimum absolute atomic E-state index is 0.0125. The molecular weight excluding hydrogens is 450 g/mol. The number of aliphatic imine (C=N–C) groups is 1. The lowest BCUT2D eigenvalue weighted by Crippen LogP contribution is -2.54. The number of nitrogens with zero attached hydrogens (tertiary/aromatic N) is 1. The zero-order valence-corrected chi connectivity index (χ0v) is 23.6. The van der Waals surface area contributed by atoms with Crippen LogP contribution in [0.25, 0.3) is 0 Å². The Morgan fingerprint density at radius 2 is 1.64 bits per heavy atom. The van der Waals surface area contributed by atoms with E-state index in [9.17, 15) is 9.59 Å². The Kier molecular flexibility index (Phi) is 7.09. The van der Waals surface area contributed by atoms with Crippen LogP contribution < -0.4 is 0 Å². The summed E-state index contributed by atoms with van der Waals surface area (Å²) < 4.78 is 11.8. The van der Waals surface area contributed by atoms with Crippen molar-refractivity contribution in [2.24, 2.45) is 57.2 Å². The summed E-state index contributed by atoms with van der Waals surface area (Å²) in [6.07, 6.45) is 11.7. The molecule has 36 heavy (non-hydrogen) atoms. The zero-order valence-electron chi connectivity index (χ0n) is 23.6. The maximum atomic E-state index is 12.2. The number of hydrogen-bond donors (Lipinski definition) is 0. The molecule has 4 saturated carbocycles. The topological polar surface area (TPSA) is 65.0 Å². The lowest BCUT2D eigenvalue weighted by atomic mass is 9.44. The lowest BCUT2D eigenvalue weighted by molar-refractivity contribution is -0.160. The Bertz CT molecular complexity index is 899. The highest BCUT2D eigenvalue weighted by atomic mass is 16.5. The average molecular weight is 500 g/mol. The van der Waals surface area contributed by atoms with Gasteiger partial charge in [0.05, 0.1) is 0 Å². The van der Waals surface area contributed by atoms with Crippen LogP contribution >= 0.6 is 0 Å². The molecule has 0 bridgehead atoms. The molecule has 5 rings (SSSR count). The van der Waals surface area contributed by atoms with Gasteiger partial charge >= 0.3 is 11.9 Å². The molecule has 1 heterocycles. The van der Waals surface area contributed by atoms with Crippen LogP contribution in [0.1, 0.15) is 106 Å². The van der Waals surface area contributed by atoms with Gasteiger partial charge in [-0.05, 0) is 105 Å². The zero-order chi connectivity index (χ0) is 25.8. The molecule has 0 saturated heterocycles. The van der Waals surface area contributed by atoms with Gasteiger partial charge in [-0.2, -0.15) is 0 Å². The summed E-state index contributed by atoms with van der Waals surface area (Å²) in [5.74, 6) is 3.86. The summed E-state index contributed by atoms with van der Waals surface area (Å²) in [6, 6.07) is 0. The molecule has 5 nitrogen and oxygen atoms in total. The second-order valence-corrected chi connectivity index (χ2v) is 13.9. The third-order valence-corrected chi connectivity index (χ3v) is 11.9. The quantitative estimate of drug-likeness (QED) is 0.408. The molecule has 0 aromatic heterocycles. The predicted octanol–water partition coefficient (Wildman–Crippen LogP) is 6.63. The van der Waals surface area contributed by atoms with Crippen LogP contribution in [-0.2, 0) is 19.1 Å². The van der Waals surface area contributed by atoms with Crippen LogP contribution in [0.3, 0.4) is 0 Å². The van der Waals surface area contributed by atoms with Crippen LogP contribution in [0.15, 0.2) is 4.99 Å².